The third-order valence-corrected chi connectivity index (χ3v) is 0. The number of hydrogen-bond acceptors (Lipinski definition) is 6. The van der Waals surface area contributed by atoms with Crippen LogP contribution in [-0.4, -0.2) is 52.1 Å². The molecule has 0 aliphatic carbocycles. The van der Waals surface area contributed by atoms with Gasteiger partial charge in [0.2, 0.25) is 0 Å². The molecular weight excluding hydrogens is 383 g/mol. The fourth-order valence-corrected chi connectivity index (χ4v) is 0. The second kappa shape index (κ2) is 8.77. The standard InChI is InChI=1S/Cd.2H2O4S.H2Se/c;2*1-5(2,3)4;/h;2*(H2,1,2,3,4);1H2/q+2;;;/p-2. The molecule has 12 heteroatoms. The molecular formula is H4CdO8S2Se. The van der Waals surface area contributed by atoms with Crippen LogP contribution in [0.1, 0.15) is 0 Å². The zero-order valence-corrected chi connectivity index (χ0v) is 13.1. The summed E-state index contributed by atoms with van der Waals surface area (Å²) in [5, 5.41) is 0. The first kappa shape index (κ1) is 23.2. The molecule has 0 unspecified atom stereocenters. The molecule has 0 fully saturated rings. The van der Waals surface area contributed by atoms with E-state index >= 15 is 0 Å². The van der Waals surface area contributed by atoms with Crippen LogP contribution in [0.4, 0.5) is 0 Å². The zero-order chi connectivity index (χ0) is 9.00. The molecule has 0 aliphatic heterocycles. The van der Waals surface area contributed by atoms with Gasteiger partial charge in [0.1, 0.15) is 0 Å². The molecule has 0 aromatic heterocycles. The van der Waals surface area contributed by atoms with Crippen LogP contribution in [0, 0.1) is 0 Å². The van der Waals surface area contributed by atoms with E-state index in [1.54, 1.807) is 0 Å². The second-order valence-electron chi connectivity index (χ2n) is 0.856. The van der Waals surface area contributed by atoms with Crippen molar-refractivity contribution >= 4 is 37.9 Å². The van der Waals surface area contributed by atoms with Gasteiger partial charge in [0.25, 0.3) is 0 Å². The van der Waals surface area contributed by atoms with Gasteiger partial charge >= 0.3 is 54.8 Å². The normalized spacial score (nSPS) is 9.67. The van der Waals surface area contributed by atoms with Crippen LogP contribution in [0.15, 0.2) is 0 Å². The summed E-state index contributed by atoms with van der Waals surface area (Å²) in [5.74, 6) is 0. The van der Waals surface area contributed by atoms with Gasteiger partial charge in [-0.15, -0.1) is 0 Å². The summed E-state index contributed by atoms with van der Waals surface area (Å²) in [6.45, 7) is 0. The average molecular weight is 388 g/mol. The molecule has 0 spiro atoms. The fourth-order valence-electron chi connectivity index (χ4n) is 0. The first-order valence-electron chi connectivity index (χ1n) is 1.37. The van der Waals surface area contributed by atoms with Crippen molar-refractivity contribution in [2.24, 2.45) is 0 Å². The molecule has 0 aromatic rings. The SMILES string of the molecule is O=S(=O)(O)O.O=S(=O)([O-])[O-].[Cd+2].[SeH2]. The molecule has 72 valence electrons. The van der Waals surface area contributed by atoms with E-state index in [1.807, 2.05) is 0 Å². The minimum atomic E-state index is -5.17. The van der Waals surface area contributed by atoms with Gasteiger partial charge in [-0.25, -0.2) is 0 Å². The summed E-state index contributed by atoms with van der Waals surface area (Å²) in [7, 11) is -9.83. The first-order valence-corrected chi connectivity index (χ1v) is 4.10. The van der Waals surface area contributed by atoms with Gasteiger partial charge in [0.15, 0.2) is 0 Å². The Morgan fingerprint density at radius 2 is 0.917 bits per heavy atom. The van der Waals surface area contributed by atoms with Crippen LogP contribution in [0.2, 0.25) is 0 Å². The minimum absolute atomic E-state index is 0. The molecule has 0 aliphatic rings. The van der Waals surface area contributed by atoms with Crippen LogP contribution in [0.5, 0.6) is 0 Å². The van der Waals surface area contributed by atoms with E-state index in [4.69, 9.17) is 35.0 Å². The molecule has 12 heavy (non-hydrogen) atoms. The van der Waals surface area contributed by atoms with Gasteiger partial charge < -0.3 is 9.11 Å². The summed E-state index contributed by atoms with van der Waals surface area (Å²) in [6.07, 6.45) is 0. The van der Waals surface area contributed by atoms with Gasteiger partial charge in [-0.2, -0.15) is 8.42 Å². The van der Waals surface area contributed by atoms with Crippen molar-refractivity contribution < 1.29 is 62.3 Å². The predicted molar refractivity (Wildman–Crippen MR) is 33.2 cm³/mol. The molecule has 2 N–H and O–H groups in total. The van der Waals surface area contributed by atoms with Crippen molar-refractivity contribution in [3.8, 4) is 0 Å². The third-order valence-electron chi connectivity index (χ3n) is 0. The van der Waals surface area contributed by atoms with Crippen molar-refractivity contribution in [3.05, 3.63) is 0 Å². The molecule has 0 radical (unpaired) electrons. The van der Waals surface area contributed by atoms with Crippen molar-refractivity contribution in [2.45, 2.75) is 0 Å². The Hall–Kier alpha value is 1.18. The molecule has 8 nitrogen and oxygen atoms in total. The van der Waals surface area contributed by atoms with Crippen LogP contribution in [-0.2, 0) is 48.1 Å². The fraction of sp³-hybridized carbons (Fsp3) is 0. The van der Waals surface area contributed by atoms with E-state index < -0.39 is 20.8 Å². The Bertz CT molecular complexity index is 213. The van der Waals surface area contributed by atoms with E-state index in [-0.39, 0.29) is 44.4 Å². The molecule has 0 amide bonds. The maximum atomic E-state index is 8.74. The van der Waals surface area contributed by atoms with Crippen LogP contribution >= 0.6 is 0 Å². The summed E-state index contributed by atoms with van der Waals surface area (Å²) in [6, 6.07) is 0. The van der Waals surface area contributed by atoms with Gasteiger partial charge in [-0.3, -0.25) is 17.5 Å². The number of hydrogen-bond donors (Lipinski definition) is 2. The van der Waals surface area contributed by atoms with E-state index in [2.05, 4.69) is 0 Å². The molecule has 0 heterocycles. The van der Waals surface area contributed by atoms with E-state index in [0.717, 1.165) is 0 Å². The zero-order valence-electron chi connectivity index (χ0n) is 5.37. The molecule has 0 bridgehead atoms. The Morgan fingerprint density at radius 1 is 0.917 bits per heavy atom. The van der Waals surface area contributed by atoms with Crippen LogP contribution in [0.3, 0.4) is 0 Å². The van der Waals surface area contributed by atoms with Crippen molar-refractivity contribution in [3.63, 3.8) is 0 Å². The maximum absolute atomic E-state index is 8.74. The second-order valence-corrected chi connectivity index (χ2v) is 2.57. The van der Waals surface area contributed by atoms with Crippen LogP contribution < -0.4 is 0 Å². The molecule has 0 aromatic carbocycles. The molecule has 0 rings (SSSR count). The van der Waals surface area contributed by atoms with Crippen molar-refractivity contribution in [1.29, 1.82) is 0 Å². The van der Waals surface area contributed by atoms with Gasteiger partial charge in [0, 0.05) is 10.4 Å². The van der Waals surface area contributed by atoms with Gasteiger partial charge in [-0.05, 0) is 0 Å². The Morgan fingerprint density at radius 3 is 0.917 bits per heavy atom. The summed E-state index contributed by atoms with van der Waals surface area (Å²) in [5.41, 5.74) is 0. The van der Waals surface area contributed by atoms with Crippen molar-refractivity contribution in [2.75, 3.05) is 0 Å². The molecule has 0 saturated heterocycles. The summed E-state index contributed by atoms with van der Waals surface area (Å²) >= 11 is 0. The summed E-state index contributed by atoms with van der Waals surface area (Å²) in [4.78, 5) is 0. The quantitative estimate of drug-likeness (QED) is 0.255. The van der Waals surface area contributed by atoms with Crippen molar-refractivity contribution in [1.82, 2.24) is 0 Å². The van der Waals surface area contributed by atoms with Gasteiger partial charge in [0.05, 0.1) is 0 Å². The average Bonchev–Trinajstić information content (AvgIpc) is 1.12. The van der Waals surface area contributed by atoms with Gasteiger partial charge in [-0.1, -0.05) is 0 Å². The third kappa shape index (κ3) is 830. The molecule has 0 saturated carbocycles. The topological polar surface area (TPSA) is 155 Å². The predicted octanol–water partition coefficient (Wildman–Crippen LogP) is -2.91. The molecule has 0 atom stereocenters. The monoisotopic (exact) mass is 390 g/mol. The number of rotatable bonds is 0. The van der Waals surface area contributed by atoms with E-state index in [1.165, 1.54) is 0 Å². The van der Waals surface area contributed by atoms with E-state index in [9.17, 15) is 0 Å². The van der Waals surface area contributed by atoms with E-state index in [0.29, 0.717) is 0 Å². The Labute approximate surface area is 99.5 Å². The Kier molecular flexibility index (Phi) is 16.9. The van der Waals surface area contributed by atoms with Crippen LogP contribution in [0.25, 0.3) is 0 Å². The first-order chi connectivity index (χ1) is 4.00. The Balaban J connectivity index is -0.0000000457. The summed E-state index contributed by atoms with van der Waals surface area (Å²) < 4.78 is 65.7.